The number of hydrogen-bond acceptors (Lipinski definition) is 6. The van der Waals surface area contributed by atoms with E-state index in [0.717, 1.165) is 34.8 Å². The van der Waals surface area contributed by atoms with Crippen molar-refractivity contribution < 1.29 is 8.94 Å². The number of benzene rings is 1. The molecule has 0 aliphatic carbocycles. The van der Waals surface area contributed by atoms with Gasteiger partial charge in [0.25, 0.3) is 5.56 Å². The van der Waals surface area contributed by atoms with E-state index in [4.69, 9.17) is 8.94 Å². The number of nitrogens with one attached hydrogen (secondary N) is 1. The molecule has 5 rings (SSSR count). The molecule has 0 radical (unpaired) electrons. The molecule has 1 aromatic carbocycles. The Morgan fingerprint density at radius 1 is 1.11 bits per heavy atom. The van der Waals surface area contributed by atoms with Crippen LogP contribution in [0.2, 0.25) is 0 Å². The number of hydrogen-bond donors (Lipinski definition) is 1. The van der Waals surface area contributed by atoms with Gasteiger partial charge in [0.1, 0.15) is 0 Å². The van der Waals surface area contributed by atoms with Crippen LogP contribution in [-0.4, -0.2) is 26.6 Å². The topological polar surface area (TPSA) is 88.2 Å². The highest BCUT2D eigenvalue weighted by molar-refractivity contribution is 5.56. The normalized spacial score (nSPS) is 14.1. The van der Waals surface area contributed by atoms with Crippen LogP contribution in [0.4, 0.5) is 0 Å². The van der Waals surface area contributed by atoms with Gasteiger partial charge < -0.3 is 13.9 Å². The fraction of sp³-hybridized carbons (Fsp3) is 0.190. The summed E-state index contributed by atoms with van der Waals surface area (Å²) in [4.78, 5) is 22.1. The van der Waals surface area contributed by atoms with Gasteiger partial charge in [-0.1, -0.05) is 35.5 Å². The number of rotatable bonds is 4. The van der Waals surface area contributed by atoms with Crippen molar-refractivity contribution in [2.45, 2.75) is 19.5 Å². The molecule has 1 aliphatic rings. The van der Waals surface area contributed by atoms with Gasteiger partial charge in [0.2, 0.25) is 0 Å². The van der Waals surface area contributed by atoms with E-state index < -0.39 is 0 Å². The molecule has 28 heavy (non-hydrogen) atoms. The Labute approximate surface area is 160 Å². The summed E-state index contributed by atoms with van der Waals surface area (Å²) in [6, 6.07) is 15.4. The molecule has 1 N–H and O–H groups in total. The molecule has 4 aromatic rings. The van der Waals surface area contributed by atoms with E-state index in [1.165, 1.54) is 0 Å². The van der Waals surface area contributed by atoms with Crippen LogP contribution < -0.4 is 5.56 Å². The zero-order valence-corrected chi connectivity index (χ0v) is 15.1. The van der Waals surface area contributed by atoms with Crippen molar-refractivity contribution in [2.24, 2.45) is 0 Å². The monoisotopic (exact) mass is 374 g/mol. The van der Waals surface area contributed by atoms with Gasteiger partial charge in [-0.15, -0.1) is 0 Å². The first-order chi connectivity index (χ1) is 13.8. The lowest BCUT2D eigenvalue weighted by atomic mass is 10.1. The van der Waals surface area contributed by atoms with Gasteiger partial charge in [0.05, 0.1) is 17.7 Å². The average Bonchev–Trinajstić information content (AvgIpc) is 3.41. The van der Waals surface area contributed by atoms with Gasteiger partial charge >= 0.3 is 0 Å². The van der Waals surface area contributed by atoms with Crippen molar-refractivity contribution in [3.8, 4) is 22.9 Å². The van der Waals surface area contributed by atoms with Crippen LogP contribution in [-0.2, 0) is 19.5 Å². The van der Waals surface area contributed by atoms with Crippen molar-refractivity contribution in [1.29, 1.82) is 0 Å². The highest BCUT2D eigenvalue weighted by Crippen LogP contribution is 2.23. The smallest absolute Gasteiger partial charge is 0.254 e. The minimum atomic E-state index is -0.0937. The molecule has 0 unspecified atom stereocenters. The van der Waals surface area contributed by atoms with E-state index >= 15 is 0 Å². The Bertz CT molecular complexity index is 1150. The Kier molecular flexibility index (Phi) is 4.14. The molecular weight excluding hydrogens is 356 g/mol. The number of nitrogens with zero attached hydrogens (tertiary/aromatic N) is 3. The van der Waals surface area contributed by atoms with Crippen LogP contribution in [0.5, 0.6) is 0 Å². The molecule has 0 spiro atoms. The summed E-state index contributed by atoms with van der Waals surface area (Å²) >= 11 is 0. The van der Waals surface area contributed by atoms with Crippen molar-refractivity contribution in [2.75, 3.05) is 6.54 Å². The zero-order chi connectivity index (χ0) is 18.9. The summed E-state index contributed by atoms with van der Waals surface area (Å²) in [6.07, 6.45) is 2.22. The van der Waals surface area contributed by atoms with Crippen molar-refractivity contribution in [3.05, 3.63) is 82.1 Å². The van der Waals surface area contributed by atoms with Crippen molar-refractivity contribution >= 4 is 0 Å². The largest absolute Gasteiger partial charge is 0.461 e. The summed E-state index contributed by atoms with van der Waals surface area (Å²) in [5, 5.41) is 4.20. The van der Waals surface area contributed by atoms with E-state index in [-0.39, 0.29) is 5.56 Å². The van der Waals surface area contributed by atoms with Gasteiger partial charge in [-0.3, -0.25) is 9.69 Å². The fourth-order valence-electron chi connectivity index (χ4n) is 3.51. The van der Waals surface area contributed by atoms with Gasteiger partial charge in [-0.2, -0.15) is 0 Å². The second-order valence-corrected chi connectivity index (χ2v) is 6.83. The van der Waals surface area contributed by atoms with Crippen LogP contribution >= 0.6 is 0 Å². The number of furan rings is 1. The molecule has 0 saturated heterocycles. The molecule has 0 bridgehead atoms. The van der Waals surface area contributed by atoms with Gasteiger partial charge in [-0.25, -0.2) is 4.98 Å². The lowest BCUT2D eigenvalue weighted by Gasteiger charge is -2.26. The average molecular weight is 374 g/mol. The van der Waals surface area contributed by atoms with E-state index in [2.05, 4.69) is 20.0 Å². The van der Waals surface area contributed by atoms with Crippen LogP contribution in [0.25, 0.3) is 22.9 Å². The first-order valence-corrected chi connectivity index (χ1v) is 9.15. The quantitative estimate of drug-likeness (QED) is 0.590. The Balaban J connectivity index is 1.36. The van der Waals surface area contributed by atoms with Gasteiger partial charge in [-0.05, 0) is 18.6 Å². The number of aromatic amines is 1. The number of H-pyrrole nitrogens is 1. The predicted octanol–water partition coefficient (Wildman–Crippen LogP) is 3.24. The van der Waals surface area contributed by atoms with E-state index in [9.17, 15) is 4.79 Å². The molecule has 0 fully saturated rings. The van der Waals surface area contributed by atoms with Crippen LogP contribution in [0.1, 0.15) is 17.0 Å². The minimum Gasteiger partial charge on any atom is -0.461 e. The summed E-state index contributed by atoms with van der Waals surface area (Å²) < 4.78 is 10.9. The first-order valence-electron chi connectivity index (χ1n) is 9.15. The maximum atomic E-state index is 12.4. The molecule has 7 nitrogen and oxygen atoms in total. The van der Waals surface area contributed by atoms with Crippen LogP contribution in [0.3, 0.4) is 0 Å². The van der Waals surface area contributed by atoms with E-state index in [1.807, 2.05) is 36.4 Å². The molecule has 4 heterocycles. The van der Waals surface area contributed by atoms with Gasteiger partial charge in [0.15, 0.2) is 17.3 Å². The Morgan fingerprint density at radius 2 is 2.00 bits per heavy atom. The summed E-state index contributed by atoms with van der Waals surface area (Å²) in [5.74, 6) is 1.77. The summed E-state index contributed by atoms with van der Waals surface area (Å²) in [5.41, 5.74) is 3.30. The molecule has 1 aliphatic heterocycles. The molecule has 140 valence electrons. The third kappa shape index (κ3) is 3.16. The molecule has 7 heteroatoms. The highest BCUT2D eigenvalue weighted by Gasteiger charge is 2.23. The third-order valence-electron chi connectivity index (χ3n) is 4.91. The first kappa shape index (κ1) is 16.7. The Morgan fingerprint density at radius 3 is 2.82 bits per heavy atom. The molecular formula is C21H18N4O3. The maximum Gasteiger partial charge on any atom is 0.254 e. The second-order valence-electron chi connectivity index (χ2n) is 6.83. The van der Waals surface area contributed by atoms with E-state index in [0.29, 0.717) is 31.1 Å². The summed E-state index contributed by atoms with van der Waals surface area (Å²) in [6.45, 7) is 1.99. The SMILES string of the molecule is O=c1[nH]c(-c2ccco2)nc2c1CCN(Cc1cc(-c3ccccc3)on1)C2. The second kappa shape index (κ2) is 6.94. The van der Waals surface area contributed by atoms with Crippen molar-refractivity contribution in [1.82, 2.24) is 20.0 Å². The maximum absolute atomic E-state index is 12.4. The lowest BCUT2D eigenvalue weighted by molar-refractivity contribution is 0.233. The number of fused-ring (bicyclic) bond motifs is 1. The molecule has 0 atom stereocenters. The minimum absolute atomic E-state index is 0.0937. The third-order valence-corrected chi connectivity index (χ3v) is 4.91. The predicted molar refractivity (Wildman–Crippen MR) is 102 cm³/mol. The van der Waals surface area contributed by atoms with Crippen LogP contribution in [0, 0.1) is 0 Å². The Hall–Kier alpha value is -3.45. The zero-order valence-electron chi connectivity index (χ0n) is 15.1. The fourth-order valence-corrected chi connectivity index (χ4v) is 3.51. The highest BCUT2D eigenvalue weighted by atomic mass is 16.5. The summed E-state index contributed by atoms with van der Waals surface area (Å²) in [7, 11) is 0. The van der Waals surface area contributed by atoms with Gasteiger partial charge in [0, 0.05) is 36.8 Å². The molecule has 0 saturated carbocycles. The standard InChI is InChI=1S/C21H18N4O3/c26-21-16-8-9-25(13-17(16)22-20(23-21)18-7-4-10-27-18)12-15-11-19(28-24-15)14-5-2-1-3-6-14/h1-7,10-11H,8-9,12-13H2,(H,22,23,26). The lowest BCUT2D eigenvalue weighted by Crippen LogP contribution is -2.35. The van der Waals surface area contributed by atoms with Crippen LogP contribution in [0.15, 0.2) is 68.5 Å². The molecule has 0 amide bonds. The van der Waals surface area contributed by atoms with E-state index in [1.54, 1.807) is 18.4 Å². The molecule has 3 aromatic heterocycles. The number of aromatic nitrogens is 3. The van der Waals surface area contributed by atoms with Crippen molar-refractivity contribution in [3.63, 3.8) is 0 Å².